The average Bonchev–Trinajstić information content (AvgIpc) is 2.83. The highest BCUT2D eigenvalue weighted by Gasteiger charge is 2.67. The van der Waals surface area contributed by atoms with Crippen LogP contribution in [0.4, 0.5) is 0 Å². The van der Waals surface area contributed by atoms with E-state index in [9.17, 15) is 5.11 Å². The number of ether oxygens (including phenoxy) is 2. The lowest BCUT2D eigenvalue weighted by Gasteiger charge is -2.55. The van der Waals surface area contributed by atoms with Gasteiger partial charge < -0.3 is 14.6 Å². The summed E-state index contributed by atoms with van der Waals surface area (Å²) in [7, 11) is 0. The lowest BCUT2D eigenvalue weighted by Crippen LogP contribution is -2.53. The van der Waals surface area contributed by atoms with E-state index in [1.807, 2.05) is 0 Å². The summed E-state index contributed by atoms with van der Waals surface area (Å²) in [6.45, 7) is 5.41. The number of aliphatic hydroxyl groups is 1. The second-order valence-electron chi connectivity index (χ2n) is 7.17. The maximum absolute atomic E-state index is 10.5. The number of hydrogen-bond acceptors (Lipinski definition) is 3. The molecule has 0 amide bonds. The van der Waals surface area contributed by atoms with Crippen molar-refractivity contribution in [2.45, 2.75) is 52.1 Å². The fourth-order valence-corrected chi connectivity index (χ4v) is 5.25. The quantitative estimate of drug-likeness (QED) is 0.671. The van der Waals surface area contributed by atoms with Crippen LogP contribution in [0.3, 0.4) is 0 Å². The SMILES string of the molecule is CC1(C)CCCC23C(O)OC4OCC(=CCC12)C43. The first-order valence-electron chi connectivity index (χ1n) is 7.20. The molecule has 2 aliphatic heterocycles. The van der Waals surface area contributed by atoms with Crippen LogP contribution in [0.2, 0.25) is 0 Å². The fraction of sp³-hybridized carbons (Fsp3) is 0.867. The summed E-state index contributed by atoms with van der Waals surface area (Å²) in [5.41, 5.74) is 1.60. The molecule has 4 aliphatic rings. The van der Waals surface area contributed by atoms with Crippen molar-refractivity contribution in [2.75, 3.05) is 6.61 Å². The molecule has 1 spiro atoms. The van der Waals surface area contributed by atoms with Crippen molar-refractivity contribution in [1.29, 1.82) is 0 Å². The molecule has 0 radical (unpaired) electrons. The molecular weight excluding hydrogens is 228 g/mol. The standard InChI is InChI=1S/C15H22O3/c1-14(2)6-3-7-15-10(14)5-4-9-8-17-12(11(9)15)18-13(15)16/h4,10-13,16H,3,5-8H2,1-2H3. The summed E-state index contributed by atoms with van der Waals surface area (Å²) in [6.07, 6.45) is 6.15. The Labute approximate surface area is 108 Å². The van der Waals surface area contributed by atoms with E-state index in [0.29, 0.717) is 23.9 Å². The van der Waals surface area contributed by atoms with Gasteiger partial charge in [-0.1, -0.05) is 26.3 Å². The topological polar surface area (TPSA) is 38.7 Å². The van der Waals surface area contributed by atoms with Crippen molar-refractivity contribution in [1.82, 2.24) is 0 Å². The molecule has 1 saturated carbocycles. The van der Waals surface area contributed by atoms with Gasteiger partial charge in [0.05, 0.1) is 6.61 Å². The van der Waals surface area contributed by atoms with Gasteiger partial charge in [0.25, 0.3) is 0 Å². The van der Waals surface area contributed by atoms with Gasteiger partial charge in [0, 0.05) is 11.3 Å². The second kappa shape index (κ2) is 3.38. The molecule has 18 heavy (non-hydrogen) atoms. The van der Waals surface area contributed by atoms with E-state index in [-0.39, 0.29) is 11.7 Å². The number of rotatable bonds is 0. The van der Waals surface area contributed by atoms with E-state index >= 15 is 0 Å². The van der Waals surface area contributed by atoms with Crippen LogP contribution in [0, 0.1) is 22.7 Å². The molecular formula is C15H22O3. The van der Waals surface area contributed by atoms with Crippen LogP contribution >= 0.6 is 0 Å². The summed E-state index contributed by atoms with van der Waals surface area (Å²) < 4.78 is 11.5. The monoisotopic (exact) mass is 250 g/mol. The molecule has 0 aromatic rings. The first-order chi connectivity index (χ1) is 8.56. The number of allylic oxidation sites excluding steroid dienone is 1. The maximum Gasteiger partial charge on any atom is 0.168 e. The first kappa shape index (κ1) is 11.4. The molecule has 3 heteroatoms. The smallest absolute Gasteiger partial charge is 0.168 e. The molecule has 2 saturated heterocycles. The predicted molar refractivity (Wildman–Crippen MR) is 66.6 cm³/mol. The van der Waals surface area contributed by atoms with Crippen LogP contribution < -0.4 is 0 Å². The minimum atomic E-state index is -0.638. The van der Waals surface area contributed by atoms with Gasteiger partial charge in [-0.05, 0) is 36.2 Å². The number of hydrogen-bond donors (Lipinski definition) is 1. The summed E-state index contributed by atoms with van der Waals surface area (Å²) in [4.78, 5) is 0. The van der Waals surface area contributed by atoms with Crippen LogP contribution in [0.5, 0.6) is 0 Å². The molecule has 0 aromatic carbocycles. The van der Waals surface area contributed by atoms with Crippen LogP contribution in [0.25, 0.3) is 0 Å². The Morgan fingerprint density at radius 1 is 1.33 bits per heavy atom. The first-order valence-corrected chi connectivity index (χ1v) is 7.20. The average molecular weight is 250 g/mol. The second-order valence-corrected chi connectivity index (χ2v) is 7.17. The molecule has 5 atom stereocenters. The van der Waals surface area contributed by atoms with E-state index in [0.717, 1.165) is 12.8 Å². The molecule has 2 aliphatic carbocycles. The van der Waals surface area contributed by atoms with E-state index < -0.39 is 6.29 Å². The Kier molecular flexibility index (Phi) is 2.15. The van der Waals surface area contributed by atoms with Gasteiger partial charge in [-0.25, -0.2) is 0 Å². The summed E-state index contributed by atoms with van der Waals surface area (Å²) in [5.74, 6) is 0.833. The third-order valence-corrected chi connectivity index (χ3v) is 6.03. The molecule has 1 N–H and O–H groups in total. The largest absolute Gasteiger partial charge is 0.367 e. The Bertz CT molecular complexity index is 414. The highest BCUT2D eigenvalue weighted by molar-refractivity contribution is 5.27. The van der Waals surface area contributed by atoms with E-state index in [1.165, 1.54) is 18.4 Å². The Hall–Kier alpha value is -0.380. The molecule has 3 nitrogen and oxygen atoms in total. The normalized spacial score (nSPS) is 52.7. The van der Waals surface area contributed by atoms with Crippen LogP contribution in [0.1, 0.15) is 39.5 Å². The maximum atomic E-state index is 10.5. The van der Waals surface area contributed by atoms with Crippen LogP contribution in [-0.4, -0.2) is 24.3 Å². The van der Waals surface area contributed by atoms with Crippen molar-refractivity contribution in [3.05, 3.63) is 11.6 Å². The molecule has 2 heterocycles. The summed E-state index contributed by atoms with van der Waals surface area (Å²) in [6, 6.07) is 0. The van der Waals surface area contributed by atoms with Gasteiger partial charge in [0.15, 0.2) is 12.6 Å². The van der Waals surface area contributed by atoms with Gasteiger partial charge >= 0.3 is 0 Å². The zero-order valence-electron chi connectivity index (χ0n) is 11.2. The van der Waals surface area contributed by atoms with Crippen LogP contribution in [-0.2, 0) is 9.47 Å². The van der Waals surface area contributed by atoms with Crippen molar-refractivity contribution in [2.24, 2.45) is 22.7 Å². The highest BCUT2D eigenvalue weighted by Crippen LogP contribution is 2.66. The van der Waals surface area contributed by atoms with Gasteiger partial charge in [-0.3, -0.25) is 0 Å². The van der Waals surface area contributed by atoms with Gasteiger partial charge in [-0.2, -0.15) is 0 Å². The molecule has 4 rings (SSSR count). The Morgan fingerprint density at radius 2 is 2.17 bits per heavy atom. The Morgan fingerprint density at radius 3 is 3.00 bits per heavy atom. The lowest BCUT2D eigenvalue weighted by molar-refractivity contribution is -0.213. The highest BCUT2D eigenvalue weighted by atomic mass is 16.7. The van der Waals surface area contributed by atoms with E-state index in [1.54, 1.807) is 0 Å². The third-order valence-electron chi connectivity index (χ3n) is 6.03. The van der Waals surface area contributed by atoms with Crippen molar-refractivity contribution in [3.8, 4) is 0 Å². The molecule has 0 aromatic heterocycles. The van der Waals surface area contributed by atoms with E-state index in [4.69, 9.17) is 9.47 Å². The lowest BCUT2D eigenvalue weighted by atomic mass is 9.48. The van der Waals surface area contributed by atoms with Gasteiger partial charge in [0.1, 0.15) is 0 Å². The summed E-state index contributed by atoms with van der Waals surface area (Å²) in [5, 5.41) is 10.5. The zero-order chi connectivity index (χ0) is 12.5. The van der Waals surface area contributed by atoms with Gasteiger partial charge in [0.2, 0.25) is 0 Å². The van der Waals surface area contributed by atoms with Gasteiger partial charge in [-0.15, -0.1) is 0 Å². The predicted octanol–water partition coefficient (Wildman–Crippen LogP) is 2.45. The summed E-state index contributed by atoms with van der Waals surface area (Å²) >= 11 is 0. The zero-order valence-corrected chi connectivity index (χ0v) is 11.2. The third kappa shape index (κ3) is 1.16. The molecule has 0 bridgehead atoms. The van der Waals surface area contributed by atoms with Crippen molar-refractivity contribution >= 4 is 0 Å². The molecule has 3 fully saturated rings. The molecule has 5 unspecified atom stereocenters. The van der Waals surface area contributed by atoms with E-state index in [2.05, 4.69) is 19.9 Å². The van der Waals surface area contributed by atoms with Crippen LogP contribution in [0.15, 0.2) is 11.6 Å². The minimum absolute atomic E-state index is 0.0764. The Balaban J connectivity index is 1.86. The molecule has 100 valence electrons. The van der Waals surface area contributed by atoms with Crippen molar-refractivity contribution < 1.29 is 14.6 Å². The fourth-order valence-electron chi connectivity index (χ4n) is 5.25. The minimum Gasteiger partial charge on any atom is -0.367 e. The number of aliphatic hydroxyl groups excluding tert-OH is 1. The van der Waals surface area contributed by atoms with Crippen molar-refractivity contribution in [3.63, 3.8) is 0 Å².